The monoisotopic (exact) mass is 219 g/mol. The zero-order valence-electron chi connectivity index (χ0n) is 10.2. The molecule has 0 aliphatic carbocycles. The Bertz CT molecular complexity index is 332. The van der Waals surface area contributed by atoms with Gasteiger partial charge in [0.05, 0.1) is 0 Å². The third kappa shape index (κ3) is 2.95. The normalized spacial score (nSPS) is 20.8. The molecule has 1 fully saturated rings. The third-order valence-corrected chi connectivity index (χ3v) is 3.20. The van der Waals surface area contributed by atoms with Crippen LogP contribution in [0.4, 0.5) is 5.82 Å². The van der Waals surface area contributed by atoms with Crippen LogP contribution < -0.4 is 10.2 Å². The number of hydrogen-bond donors (Lipinski definition) is 1. The molecule has 1 saturated heterocycles. The first kappa shape index (κ1) is 11.4. The molecule has 2 rings (SSSR count). The SMILES string of the molecule is Cc1ccnc(N(C)C[C@@H]2CCCCN2)c1. The Morgan fingerprint density at radius 2 is 2.38 bits per heavy atom. The van der Waals surface area contributed by atoms with Crippen molar-refractivity contribution in [3.05, 3.63) is 23.9 Å². The lowest BCUT2D eigenvalue weighted by molar-refractivity contribution is 0.403. The number of aromatic nitrogens is 1. The summed E-state index contributed by atoms with van der Waals surface area (Å²) < 4.78 is 0. The summed E-state index contributed by atoms with van der Waals surface area (Å²) in [6.07, 6.45) is 5.85. The molecule has 3 nitrogen and oxygen atoms in total. The summed E-state index contributed by atoms with van der Waals surface area (Å²) in [4.78, 5) is 6.65. The molecule has 1 aromatic rings. The van der Waals surface area contributed by atoms with E-state index in [-0.39, 0.29) is 0 Å². The number of likely N-dealkylation sites (N-methyl/N-ethyl adjacent to an activating group) is 1. The van der Waals surface area contributed by atoms with Gasteiger partial charge in [-0.1, -0.05) is 6.42 Å². The predicted octanol–water partition coefficient (Wildman–Crippen LogP) is 1.97. The Morgan fingerprint density at radius 1 is 1.50 bits per heavy atom. The fourth-order valence-electron chi connectivity index (χ4n) is 2.23. The average Bonchev–Trinajstić information content (AvgIpc) is 2.30. The van der Waals surface area contributed by atoms with E-state index in [9.17, 15) is 0 Å². The molecule has 0 aromatic carbocycles. The standard InChI is InChI=1S/C13H21N3/c1-11-6-8-15-13(9-11)16(2)10-12-5-3-4-7-14-12/h6,8-9,12,14H,3-5,7,10H2,1-2H3/t12-/m0/s1. The summed E-state index contributed by atoms with van der Waals surface area (Å²) in [5.41, 5.74) is 1.27. The van der Waals surface area contributed by atoms with Crippen molar-refractivity contribution in [2.24, 2.45) is 0 Å². The molecule has 0 spiro atoms. The van der Waals surface area contributed by atoms with E-state index in [1.807, 2.05) is 12.3 Å². The number of pyridine rings is 1. The first-order chi connectivity index (χ1) is 7.75. The van der Waals surface area contributed by atoms with Crippen LogP contribution in [0.25, 0.3) is 0 Å². The maximum Gasteiger partial charge on any atom is 0.128 e. The van der Waals surface area contributed by atoms with Gasteiger partial charge in [-0.3, -0.25) is 0 Å². The summed E-state index contributed by atoms with van der Waals surface area (Å²) >= 11 is 0. The third-order valence-electron chi connectivity index (χ3n) is 3.20. The first-order valence-electron chi connectivity index (χ1n) is 6.13. The molecular formula is C13H21N3. The molecule has 1 aliphatic rings. The Labute approximate surface area is 97.9 Å². The number of piperidine rings is 1. The summed E-state index contributed by atoms with van der Waals surface area (Å²) in [5.74, 6) is 1.08. The van der Waals surface area contributed by atoms with E-state index < -0.39 is 0 Å². The van der Waals surface area contributed by atoms with E-state index in [1.54, 1.807) is 0 Å². The molecular weight excluding hydrogens is 198 g/mol. The number of nitrogens with zero attached hydrogens (tertiary/aromatic N) is 2. The Balaban J connectivity index is 1.94. The molecule has 0 bridgehead atoms. The van der Waals surface area contributed by atoms with Crippen molar-refractivity contribution in [3.63, 3.8) is 0 Å². The van der Waals surface area contributed by atoms with Crippen LogP contribution in [-0.4, -0.2) is 31.2 Å². The lowest BCUT2D eigenvalue weighted by atomic mass is 10.0. The van der Waals surface area contributed by atoms with Crippen molar-refractivity contribution in [2.45, 2.75) is 32.2 Å². The van der Waals surface area contributed by atoms with E-state index in [4.69, 9.17) is 0 Å². The molecule has 3 heteroatoms. The fourth-order valence-corrected chi connectivity index (χ4v) is 2.23. The van der Waals surface area contributed by atoms with Crippen LogP contribution in [0.1, 0.15) is 24.8 Å². The largest absolute Gasteiger partial charge is 0.358 e. The van der Waals surface area contributed by atoms with Gasteiger partial charge in [-0.25, -0.2) is 4.98 Å². The molecule has 0 saturated carbocycles. The minimum Gasteiger partial charge on any atom is -0.358 e. The maximum atomic E-state index is 4.40. The highest BCUT2D eigenvalue weighted by Gasteiger charge is 2.15. The highest BCUT2D eigenvalue weighted by atomic mass is 15.2. The number of nitrogens with one attached hydrogen (secondary N) is 1. The molecule has 88 valence electrons. The van der Waals surface area contributed by atoms with Crippen molar-refractivity contribution in [3.8, 4) is 0 Å². The second-order valence-electron chi connectivity index (χ2n) is 4.72. The van der Waals surface area contributed by atoms with Gasteiger partial charge in [-0.05, 0) is 44.0 Å². The van der Waals surface area contributed by atoms with Crippen LogP contribution >= 0.6 is 0 Å². The fraction of sp³-hybridized carbons (Fsp3) is 0.615. The van der Waals surface area contributed by atoms with Gasteiger partial charge in [0.15, 0.2) is 0 Å². The summed E-state index contributed by atoms with van der Waals surface area (Å²) in [6, 6.07) is 4.81. The second-order valence-corrected chi connectivity index (χ2v) is 4.72. The van der Waals surface area contributed by atoms with Gasteiger partial charge in [0.25, 0.3) is 0 Å². The number of hydrogen-bond acceptors (Lipinski definition) is 3. The van der Waals surface area contributed by atoms with Crippen molar-refractivity contribution in [1.82, 2.24) is 10.3 Å². The van der Waals surface area contributed by atoms with Gasteiger partial charge < -0.3 is 10.2 Å². The van der Waals surface area contributed by atoms with Gasteiger partial charge in [-0.2, -0.15) is 0 Å². The Kier molecular flexibility index (Phi) is 3.78. The summed E-state index contributed by atoms with van der Waals surface area (Å²) in [6.45, 7) is 4.33. The predicted molar refractivity (Wildman–Crippen MR) is 67.9 cm³/mol. The zero-order valence-corrected chi connectivity index (χ0v) is 10.2. The molecule has 1 aliphatic heterocycles. The van der Waals surface area contributed by atoms with Crippen molar-refractivity contribution in [2.75, 3.05) is 25.0 Å². The number of aryl methyl sites for hydroxylation is 1. The van der Waals surface area contributed by atoms with Crippen LogP contribution in [0, 0.1) is 6.92 Å². The molecule has 0 unspecified atom stereocenters. The lowest BCUT2D eigenvalue weighted by Crippen LogP contribution is -2.42. The average molecular weight is 219 g/mol. The maximum absolute atomic E-state index is 4.40. The number of rotatable bonds is 3. The van der Waals surface area contributed by atoms with Crippen LogP contribution in [0.15, 0.2) is 18.3 Å². The van der Waals surface area contributed by atoms with Gasteiger partial charge in [-0.15, -0.1) is 0 Å². The Morgan fingerprint density at radius 3 is 3.06 bits per heavy atom. The van der Waals surface area contributed by atoms with Crippen LogP contribution in [0.2, 0.25) is 0 Å². The highest BCUT2D eigenvalue weighted by Crippen LogP contribution is 2.13. The van der Waals surface area contributed by atoms with E-state index in [0.717, 1.165) is 12.4 Å². The van der Waals surface area contributed by atoms with Crippen LogP contribution in [-0.2, 0) is 0 Å². The quantitative estimate of drug-likeness (QED) is 0.842. The summed E-state index contributed by atoms with van der Waals surface area (Å²) in [7, 11) is 2.12. The number of anilines is 1. The van der Waals surface area contributed by atoms with Gasteiger partial charge >= 0.3 is 0 Å². The first-order valence-corrected chi connectivity index (χ1v) is 6.13. The molecule has 2 heterocycles. The van der Waals surface area contributed by atoms with Gasteiger partial charge in [0.2, 0.25) is 0 Å². The topological polar surface area (TPSA) is 28.2 Å². The minimum atomic E-state index is 0.626. The molecule has 0 amide bonds. The van der Waals surface area contributed by atoms with Crippen molar-refractivity contribution in [1.29, 1.82) is 0 Å². The van der Waals surface area contributed by atoms with E-state index in [0.29, 0.717) is 6.04 Å². The smallest absolute Gasteiger partial charge is 0.128 e. The highest BCUT2D eigenvalue weighted by molar-refractivity contribution is 5.39. The molecule has 0 radical (unpaired) electrons. The second kappa shape index (κ2) is 5.30. The lowest BCUT2D eigenvalue weighted by Gasteiger charge is -2.28. The van der Waals surface area contributed by atoms with Crippen LogP contribution in [0.3, 0.4) is 0 Å². The van der Waals surface area contributed by atoms with Gasteiger partial charge in [0, 0.05) is 25.8 Å². The van der Waals surface area contributed by atoms with Crippen molar-refractivity contribution < 1.29 is 0 Å². The zero-order chi connectivity index (χ0) is 11.4. The van der Waals surface area contributed by atoms with Gasteiger partial charge in [0.1, 0.15) is 5.82 Å². The van der Waals surface area contributed by atoms with E-state index >= 15 is 0 Å². The molecule has 1 atom stereocenters. The Hall–Kier alpha value is -1.09. The van der Waals surface area contributed by atoms with Crippen molar-refractivity contribution >= 4 is 5.82 Å². The molecule has 1 N–H and O–H groups in total. The molecule has 1 aromatic heterocycles. The molecule has 16 heavy (non-hydrogen) atoms. The van der Waals surface area contributed by atoms with E-state index in [1.165, 1.54) is 31.4 Å². The summed E-state index contributed by atoms with van der Waals surface area (Å²) in [5, 5.41) is 3.56. The van der Waals surface area contributed by atoms with Crippen LogP contribution in [0.5, 0.6) is 0 Å². The minimum absolute atomic E-state index is 0.626. The van der Waals surface area contributed by atoms with E-state index in [2.05, 4.69) is 35.2 Å².